The zero-order valence-corrected chi connectivity index (χ0v) is 14.8. The summed E-state index contributed by atoms with van der Waals surface area (Å²) in [6, 6.07) is 11.9. The Morgan fingerprint density at radius 3 is 2.61 bits per heavy atom. The highest BCUT2D eigenvalue weighted by Crippen LogP contribution is 2.23. The highest BCUT2D eigenvalue weighted by molar-refractivity contribution is 6.02. The van der Waals surface area contributed by atoms with Crippen molar-refractivity contribution in [3.8, 4) is 5.75 Å². The maximum Gasteiger partial charge on any atom is 0.387 e. The summed E-state index contributed by atoms with van der Waals surface area (Å²) >= 11 is 0. The Hall–Kier alpha value is -3.29. The number of nitrogens with zero attached hydrogens (tertiary/aromatic N) is 1. The zero-order chi connectivity index (χ0) is 20.1. The van der Waals surface area contributed by atoms with Crippen molar-refractivity contribution in [2.75, 3.05) is 18.1 Å². The Balaban J connectivity index is 1.66. The number of hydrogen-bond acceptors (Lipinski definition) is 5. The number of ketones is 1. The molecule has 1 amide bonds. The molecule has 1 heterocycles. The lowest BCUT2D eigenvalue weighted by atomic mass is 10.1. The van der Waals surface area contributed by atoms with Crippen LogP contribution in [-0.2, 0) is 9.53 Å². The molecule has 0 bridgehead atoms. The van der Waals surface area contributed by atoms with Crippen LogP contribution in [0.3, 0.4) is 0 Å². The van der Waals surface area contributed by atoms with E-state index in [2.05, 4.69) is 4.74 Å². The number of halogens is 2. The summed E-state index contributed by atoms with van der Waals surface area (Å²) in [5.41, 5.74) is 0.685. The Bertz CT molecular complexity index is 900. The van der Waals surface area contributed by atoms with E-state index in [1.807, 2.05) is 0 Å². The molecule has 8 heteroatoms. The fourth-order valence-corrected chi connectivity index (χ4v) is 2.89. The molecule has 2 aromatic carbocycles. The van der Waals surface area contributed by atoms with Crippen molar-refractivity contribution < 1.29 is 32.6 Å². The van der Waals surface area contributed by atoms with Crippen molar-refractivity contribution in [3.63, 3.8) is 0 Å². The standard InChI is InChI=1S/C20H17F2NO5/c21-20(22)28-17-8-2-1-7-15(17)19(26)27-12-16(24)13-5-3-6-14(11-13)23-10-4-9-18(23)25/h1-3,5-8,11,20H,4,9-10,12H2. The fourth-order valence-electron chi connectivity index (χ4n) is 2.89. The number of alkyl halides is 2. The third kappa shape index (κ3) is 4.51. The number of esters is 1. The number of carbonyl (C=O) groups excluding carboxylic acids is 3. The maximum absolute atomic E-state index is 12.4. The molecule has 6 nitrogen and oxygen atoms in total. The van der Waals surface area contributed by atoms with Gasteiger partial charge in [0.2, 0.25) is 5.91 Å². The average Bonchev–Trinajstić information content (AvgIpc) is 3.12. The molecule has 0 spiro atoms. The number of Topliss-reactive ketones (excluding diaryl/α,β-unsaturated/α-hetero) is 1. The first kappa shape index (κ1) is 19.5. The molecule has 1 aliphatic rings. The van der Waals surface area contributed by atoms with Crippen molar-refractivity contribution in [3.05, 3.63) is 59.7 Å². The molecule has 1 fully saturated rings. The normalized spacial score (nSPS) is 13.7. The predicted molar refractivity (Wildman–Crippen MR) is 95.7 cm³/mol. The van der Waals surface area contributed by atoms with Gasteiger partial charge in [-0.2, -0.15) is 8.78 Å². The zero-order valence-electron chi connectivity index (χ0n) is 14.8. The van der Waals surface area contributed by atoms with Crippen LogP contribution in [0.4, 0.5) is 14.5 Å². The van der Waals surface area contributed by atoms with Crippen LogP contribution >= 0.6 is 0 Å². The lowest BCUT2D eigenvalue weighted by Crippen LogP contribution is -2.24. The molecule has 0 atom stereocenters. The Morgan fingerprint density at radius 1 is 1.11 bits per heavy atom. The average molecular weight is 389 g/mol. The van der Waals surface area contributed by atoms with E-state index in [-0.39, 0.29) is 22.8 Å². The number of anilines is 1. The molecule has 0 aromatic heterocycles. The second kappa shape index (κ2) is 8.60. The van der Waals surface area contributed by atoms with Crippen LogP contribution in [-0.4, -0.2) is 37.4 Å². The SMILES string of the molecule is O=C(COC(=O)c1ccccc1OC(F)F)c1cccc(N2CCCC2=O)c1. The van der Waals surface area contributed by atoms with Gasteiger partial charge in [-0.3, -0.25) is 9.59 Å². The van der Waals surface area contributed by atoms with Crippen molar-refractivity contribution >= 4 is 23.3 Å². The number of rotatable bonds is 7. The molecule has 0 N–H and O–H groups in total. The first-order valence-corrected chi connectivity index (χ1v) is 8.60. The summed E-state index contributed by atoms with van der Waals surface area (Å²) < 4.78 is 34.1. The van der Waals surface area contributed by atoms with E-state index in [1.54, 1.807) is 29.2 Å². The van der Waals surface area contributed by atoms with E-state index in [9.17, 15) is 23.2 Å². The van der Waals surface area contributed by atoms with E-state index in [4.69, 9.17) is 4.74 Å². The molecule has 1 aliphatic heterocycles. The lowest BCUT2D eigenvalue weighted by Gasteiger charge is -2.16. The second-order valence-corrected chi connectivity index (χ2v) is 6.07. The van der Waals surface area contributed by atoms with Gasteiger partial charge in [0.05, 0.1) is 0 Å². The minimum absolute atomic E-state index is 0.00772. The first-order valence-electron chi connectivity index (χ1n) is 8.60. The van der Waals surface area contributed by atoms with Crippen molar-refractivity contribution in [1.82, 2.24) is 0 Å². The van der Waals surface area contributed by atoms with Crippen LogP contribution < -0.4 is 9.64 Å². The summed E-state index contributed by atoms with van der Waals surface area (Å²) in [6.45, 7) is -3.07. The molecule has 146 valence electrons. The molecule has 28 heavy (non-hydrogen) atoms. The largest absolute Gasteiger partial charge is 0.454 e. The van der Waals surface area contributed by atoms with E-state index in [1.165, 1.54) is 24.3 Å². The third-order valence-corrected chi connectivity index (χ3v) is 4.21. The summed E-state index contributed by atoms with van der Waals surface area (Å²) in [7, 11) is 0. The van der Waals surface area contributed by atoms with Gasteiger partial charge in [0.15, 0.2) is 12.4 Å². The molecule has 0 unspecified atom stereocenters. The maximum atomic E-state index is 12.4. The predicted octanol–water partition coefficient (Wildman–Crippen LogP) is 3.45. The van der Waals surface area contributed by atoms with Crippen molar-refractivity contribution in [1.29, 1.82) is 0 Å². The Kier molecular flexibility index (Phi) is 5.98. The topological polar surface area (TPSA) is 72.9 Å². The first-order chi connectivity index (χ1) is 13.5. The van der Waals surface area contributed by atoms with E-state index < -0.39 is 25.0 Å². The second-order valence-electron chi connectivity index (χ2n) is 6.07. The molecule has 0 saturated carbocycles. The minimum atomic E-state index is -3.09. The molecular formula is C20H17F2NO5. The summed E-state index contributed by atoms with van der Waals surface area (Å²) in [4.78, 5) is 37.9. The molecule has 0 aliphatic carbocycles. The van der Waals surface area contributed by atoms with Gasteiger partial charge in [-0.25, -0.2) is 4.79 Å². The highest BCUT2D eigenvalue weighted by Gasteiger charge is 2.23. The Morgan fingerprint density at radius 2 is 1.89 bits per heavy atom. The van der Waals surface area contributed by atoms with E-state index >= 15 is 0 Å². The van der Waals surface area contributed by atoms with Crippen LogP contribution in [0.5, 0.6) is 5.75 Å². The molecule has 3 rings (SSSR count). The van der Waals surface area contributed by atoms with Crippen LogP contribution in [0.15, 0.2) is 48.5 Å². The number of carbonyl (C=O) groups is 3. The molecule has 1 saturated heterocycles. The number of ether oxygens (including phenoxy) is 2. The van der Waals surface area contributed by atoms with E-state index in [0.29, 0.717) is 18.7 Å². The monoisotopic (exact) mass is 389 g/mol. The summed E-state index contributed by atoms with van der Waals surface area (Å²) in [5.74, 6) is -1.76. The van der Waals surface area contributed by atoms with Gasteiger partial charge >= 0.3 is 12.6 Å². The van der Waals surface area contributed by atoms with Gasteiger partial charge < -0.3 is 14.4 Å². The Labute approximate surface area is 159 Å². The summed E-state index contributed by atoms with van der Waals surface area (Å²) in [6.07, 6.45) is 1.23. The van der Waals surface area contributed by atoms with Crippen LogP contribution in [0.25, 0.3) is 0 Å². The third-order valence-electron chi connectivity index (χ3n) is 4.21. The van der Waals surface area contributed by atoms with Gasteiger partial charge in [0.1, 0.15) is 11.3 Å². The van der Waals surface area contributed by atoms with Gasteiger partial charge in [0.25, 0.3) is 0 Å². The minimum Gasteiger partial charge on any atom is -0.454 e. The number of amides is 1. The summed E-state index contributed by atoms with van der Waals surface area (Å²) in [5, 5.41) is 0. The van der Waals surface area contributed by atoms with Gasteiger partial charge in [-0.05, 0) is 30.7 Å². The fraction of sp³-hybridized carbons (Fsp3) is 0.250. The smallest absolute Gasteiger partial charge is 0.387 e. The van der Waals surface area contributed by atoms with Gasteiger partial charge in [0, 0.05) is 24.2 Å². The highest BCUT2D eigenvalue weighted by atomic mass is 19.3. The molecule has 2 aromatic rings. The van der Waals surface area contributed by atoms with E-state index in [0.717, 1.165) is 6.42 Å². The number of benzene rings is 2. The molecule has 0 radical (unpaired) electrons. The van der Waals surface area contributed by atoms with Crippen LogP contribution in [0.2, 0.25) is 0 Å². The number of para-hydroxylation sites is 1. The van der Waals surface area contributed by atoms with Crippen molar-refractivity contribution in [2.24, 2.45) is 0 Å². The quantitative estimate of drug-likeness (QED) is 0.536. The van der Waals surface area contributed by atoms with Gasteiger partial charge in [-0.1, -0.05) is 24.3 Å². The lowest BCUT2D eigenvalue weighted by molar-refractivity contribution is -0.117. The number of hydrogen-bond donors (Lipinski definition) is 0. The van der Waals surface area contributed by atoms with Gasteiger partial charge in [-0.15, -0.1) is 0 Å². The van der Waals surface area contributed by atoms with Crippen molar-refractivity contribution in [2.45, 2.75) is 19.5 Å². The van der Waals surface area contributed by atoms with Crippen LogP contribution in [0, 0.1) is 0 Å². The van der Waals surface area contributed by atoms with Crippen LogP contribution in [0.1, 0.15) is 33.6 Å². The molecular weight excluding hydrogens is 372 g/mol.